The Morgan fingerprint density at radius 2 is 1.05 bits per heavy atom. The predicted octanol–water partition coefficient (Wildman–Crippen LogP) is 9.59. The van der Waals surface area contributed by atoms with Crippen LogP contribution in [-0.2, 0) is 10.8 Å². The molecule has 0 bridgehead atoms. The van der Waals surface area contributed by atoms with Crippen molar-refractivity contribution in [1.82, 2.24) is 0 Å². The summed E-state index contributed by atoms with van der Waals surface area (Å²) in [5.41, 5.74) is 12.9. The molecule has 4 unspecified atom stereocenters. The Kier molecular flexibility index (Phi) is 5.25. The minimum Gasteiger partial charge on any atom is -0.0839 e. The lowest BCUT2D eigenvalue weighted by molar-refractivity contribution is 0.544. The van der Waals surface area contributed by atoms with Crippen LogP contribution in [0.4, 0.5) is 0 Å². The highest BCUT2D eigenvalue weighted by atomic mass is 79.9. The summed E-state index contributed by atoms with van der Waals surface area (Å²) in [6.45, 7) is 2.37. The first-order valence-electron chi connectivity index (χ1n) is 14.2. The minimum atomic E-state index is -0.431. The molecule has 3 aliphatic carbocycles. The van der Waals surface area contributed by atoms with Gasteiger partial charge in [-0.05, 0) is 61.6 Å². The van der Waals surface area contributed by atoms with Gasteiger partial charge in [0, 0.05) is 4.83 Å². The van der Waals surface area contributed by atoms with Crippen molar-refractivity contribution in [1.29, 1.82) is 0 Å². The third kappa shape index (κ3) is 2.86. The van der Waals surface area contributed by atoms with Crippen LogP contribution >= 0.6 is 15.9 Å². The molecule has 0 nitrogen and oxygen atoms in total. The van der Waals surface area contributed by atoms with Gasteiger partial charge in [0.15, 0.2) is 0 Å². The summed E-state index contributed by atoms with van der Waals surface area (Å²) in [6, 6.07) is 47.8. The second-order valence-corrected chi connectivity index (χ2v) is 12.3. The lowest BCUT2D eigenvalue weighted by Crippen LogP contribution is -2.46. The van der Waals surface area contributed by atoms with Gasteiger partial charge in [-0.25, -0.2) is 0 Å². The molecule has 5 aromatic carbocycles. The van der Waals surface area contributed by atoms with Crippen molar-refractivity contribution >= 4 is 15.9 Å². The molecule has 0 fully saturated rings. The highest BCUT2D eigenvalue weighted by Crippen LogP contribution is 2.66. The van der Waals surface area contributed by atoms with Crippen LogP contribution in [0, 0.1) is 5.92 Å². The van der Waals surface area contributed by atoms with Gasteiger partial charge in [0.1, 0.15) is 0 Å². The van der Waals surface area contributed by atoms with Gasteiger partial charge in [0.2, 0.25) is 0 Å². The van der Waals surface area contributed by atoms with E-state index >= 15 is 0 Å². The maximum Gasteiger partial charge on any atom is 0.0720 e. The molecule has 0 saturated heterocycles. The second kappa shape index (κ2) is 8.78. The van der Waals surface area contributed by atoms with Gasteiger partial charge < -0.3 is 0 Å². The van der Waals surface area contributed by atoms with E-state index in [0.29, 0.717) is 5.92 Å². The first-order valence-corrected chi connectivity index (χ1v) is 15.1. The summed E-state index contributed by atoms with van der Waals surface area (Å²) in [6.07, 6.45) is 6.92. The summed E-state index contributed by atoms with van der Waals surface area (Å²) < 4.78 is 0. The van der Waals surface area contributed by atoms with E-state index in [9.17, 15) is 0 Å². The number of fused-ring (bicyclic) bond motifs is 5. The normalized spacial score (nSPS) is 25.5. The van der Waals surface area contributed by atoms with E-state index in [1.54, 1.807) is 0 Å². The zero-order valence-electron chi connectivity index (χ0n) is 22.4. The fourth-order valence-electron chi connectivity index (χ4n) is 8.08. The monoisotopic (exact) mass is 576 g/mol. The molecule has 40 heavy (non-hydrogen) atoms. The first kappa shape index (κ1) is 23.9. The van der Waals surface area contributed by atoms with Gasteiger partial charge in [0.25, 0.3) is 0 Å². The number of halogens is 1. The Morgan fingerprint density at radius 3 is 1.75 bits per heavy atom. The van der Waals surface area contributed by atoms with Crippen LogP contribution in [0.25, 0.3) is 11.1 Å². The molecule has 0 amide bonds. The first-order chi connectivity index (χ1) is 19.7. The van der Waals surface area contributed by atoms with E-state index in [2.05, 4.69) is 168 Å². The van der Waals surface area contributed by atoms with Gasteiger partial charge in [-0.15, -0.1) is 0 Å². The maximum absolute atomic E-state index is 4.02. The number of hydrogen-bond donors (Lipinski definition) is 0. The standard InChI is InChI=1S/C39H29Br/c1-26-31(23-13-25-36(26)40)38(27-14-4-2-5-15-27)33-21-10-11-22-34(33)39(28-16-6-3-7-17-28)32-20-9-8-18-29(32)30-19-12-24-35(38)37(30)39/h2-26,36H,1H3. The fourth-order valence-corrected chi connectivity index (χ4v) is 8.54. The molecule has 5 aromatic rings. The van der Waals surface area contributed by atoms with E-state index in [4.69, 9.17) is 0 Å². The van der Waals surface area contributed by atoms with Crippen molar-refractivity contribution in [2.75, 3.05) is 0 Å². The van der Waals surface area contributed by atoms with Crippen LogP contribution in [0.5, 0.6) is 0 Å². The molecule has 0 heterocycles. The highest BCUT2D eigenvalue weighted by Gasteiger charge is 2.58. The molecule has 192 valence electrons. The molecule has 0 spiro atoms. The third-order valence-electron chi connectivity index (χ3n) is 9.59. The predicted molar refractivity (Wildman–Crippen MR) is 169 cm³/mol. The topological polar surface area (TPSA) is 0 Å². The summed E-state index contributed by atoms with van der Waals surface area (Å²) in [7, 11) is 0. The second-order valence-electron chi connectivity index (χ2n) is 11.3. The Morgan fingerprint density at radius 1 is 0.525 bits per heavy atom. The third-order valence-corrected chi connectivity index (χ3v) is 10.7. The number of allylic oxidation sites excluding steroid dienone is 4. The molecular weight excluding hydrogens is 548 g/mol. The SMILES string of the molecule is CC1C(C2(c3ccccc3)c3ccccc3C3(c4ccccc4)c4ccccc4-c4cccc2c43)=CC=CC1Br. The molecule has 3 aliphatic rings. The smallest absolute Gasteiger partial charge is 0.0720 e. The molecular formula is C39H29Br. The van der Waals surface area contributed by atoms with Crippen molar-refractivity contribution in [2.24, 2.45) is 5.92 Å². The minimum absolute atomic E-state index is 0.273. The number of alkyl halides is 1. The largest absolute Gasteiger partial charge is 0.0839 e. The van der Waals surface area contributed by atoms with E-state index in [1.807, 2.05) is 0 Å². The van der Waals surface area contributed by atoms with Crippen LogP contribution in [-0.4, -0.2) is 4.83 Å². The van der Waals surface area contributed by atoms with Crippen molar-refractivity contribution in [3.63, 3.8) is 0 Å². The zero-order chi connectivity index (χ0) is 26.9. The molecule has 0 radical (unpaired) electrons. The molecule has 4 atom stereocenters. The van der Waals surface area contributed by atoms with Crippen molar-refractivity contribution in [3.8, 4) is 11.1 Å². The van der Waals surface area contributed by atoms with Crippen molar-refractivity contribution in [2.45, 2.75) is 22.6 Å². The lowest BCUT2D eigenvalue weighted by Gasteiger charge is -2.51. The molecule has 0 saturated carbocycles. The zero-order valence-corrected chi connectivity index (χ0v) is 24.0. The Balaban J connectivity index is 1.63. The van der Waals surface area contributed by atoms with Crippen LogP contribution in [0.2, 0.25) is 0 Å². The van der Waals surface area contributed by atoms with Crippen molar-refractivity contribution < 1.29 is 0 Å². The van der Waals surface area contributed by atoms with E-state index < -0.39 is 5.41 Å². The molecule has 0 N–H and O–H groups in total. The van der Waals surface area contributed by atoms with Crippen LogP contribution in [0.1, 0.15) is 45.9 Å². The lowest BCUT2D eigenvalue weighted by atomic mass is 9.50. The van der Waals surface area contributed by atoms with Gasteiger partial charge in [-0.3, -0.25) is 0 Å². The molecule has 0 aliphatic heterocycles. The van der Waals surface area contributed by atoms with E-state index in [1.165, 1.54) is 55.6 Å². The van der Waals surface area contributed by atoms with E-state index in [-0.39, 0.29) is 10.2 Å². The average molecular weight is 578 g/mol. The van der Waals surface area contributed by atoms with Gasteiger partial charge in [0.05, 0.1) is 10.8 Å². The Bertz CT molecular complexity index is 1830. The summed E-state index contributed by atoms with van der Waals surface area (Å²) in [4.78, 5) is 0.273. The Hall–Kier alpha value is -3.94. The summed E-state index contributed by atoms with van der Waals surface area (Å²) in [5, 5.41) is 0. The quantitative estimate of drug-likeness (QED) is 0.184. The summed E-state index contributed by atoms with van der Waals surface area (Å²) in [5.74, 6) is 0.308. The maximum atomic E-state index is 4.02. The van der Waals surface area contributed by atoms with Crippen molar-refractivity contribution in [3.05, 3.63) is 190 Å². The Labute approximate surface area is 244 Å². The number of hydrogen-bond acceptors (Lipinski definition) is 0. The van der Waals surface area contributed by atoms with Crippen LogP contribution in [0.3, 0.4) is 0 Å². The van der Waals surface area contributed by atoms with Gasteiger partial charge in [-0.2, -0.15) is 0 Å². The number of rotatable bonds is 3. The molecule has 8 rings (SSSR count). The average Bonchev–Trinajstić information content (AvgIpc) is 3.33. The van der Waals surface area contributed by atoms with E-state index in [0.717, 1.165) is 0 Å². The number of benzene rings is 5. The van der Waals surface area contributed by atoms with Gasteiger partial charge >= 0.3 is 0 Å². The van der Waals surface area contributed by atoms with Crippen LogP contribution in [0.15, 0.2) is 151 Å². The summed E-state index contributed by atoms with van der Waals surface area (Å²) >= 11 is 4.02. The molecule has 1 heteroatoms. The highest BCUT2D eigenvalue weighted by molar-refractivity contribution is 9.09. The van der Waals surface area contributed by atoms with Crippen LogP contribution < -0.4 is 0 Å². The molecule has 0 aromatic heterocycles. The fraction of sp³-hybridized carbons (Fsp3) is 0.128. The van der Waals surface area contributed by atoms with Gasteiger partial charge in [-0.1, -0.05) is 168 Å².